The molecule has 0 unspecified atom stereocenters. The lowest BCUT2D eigenvalue weighted by Crippen LogP contribution is -2.50. The van der Waals surface area contributed by atoms with Gasteiger partial charge in [0.25, 0.3) is 0 Å². The predicted molar refractivity (Wildman–Crippen MR) is 102 cm³/mol. The van der Waals surface area contributed by atoms with Crippen LogP contribution in [0.3, 0.4) is 0 Å². The van der Waals surface area contributed by atoms with Gasteiger partial charge in [0.2, 0.25) is 0 Å². The van der Waals surface area contributed by atoms with E-state index in [4.69, 9.17) is 0 Å². The highest BCUT2D eigenvalue weighted by Crippen LogP contribution is 2.27. The van der Waals surface area contributed by atoms with Gasteiger partial charge in [-0.05, 0) is 71.7 Å². The molecule has 1 aromatic rings. The van der Waals surface area contributed by atoms with Crippen LogP contribution in [0.5, 0.6) is 0 Å². The van der Waals surface area contributed by atoms with Gasteiger partial charge in [-0.2, -0.15) is 0 Å². The van der Waals surface area contributed by atoms with Crippen molar-refractivity contribution in [3.05, 3.63) is 17.0 Å². The van der Waals surface area contributed by atoms with E-state index in [9.17, 15) is 0 Å². The zero-order valence-electron chi connectivity index (χ0n) is 15.3. The number of hydrogen-bond donors (Lipinski definition) is 0. The van der Waals surface area contributed by atoms with E-state index in [1.165, 1.54) is 68.5 Å². The SMILES string of the molecule is Cc1ccc(N2CCN(CC3CCN(C(C)(C)C)CC3)CC2)s1. The van der Waals surface area contributed by atoms with Crippen molar-refractivity contribution >= 4 is 16.3 Å². The van der Waals surface area contributed by atoms with Crippen molar-refractivity contribution in [2.24, 2.45) is 5.92 Å². The molecule has 23 heavy (non-hydrogen) atoms. The van der Waals surface area contributed by atoms with Gasteiger partial charge in [-0.15, -0.1) is 11.3 Å². The van der Waals surface area contributed by atoms with E-state index in [0.29, 0.717) is 5.54 Å². The molecule has 2 aliphatic heterocycles. The van der Waals surface area contributed by atoms with E-state index in [-0.39, 0.29) is 0 Å². The maximum Gasteiger partial charge on any atom is 0.0912 e. The van der Waals surface area contributed by atoms with Gasteiger partial charge in [-0.1, -0.05) is 0 Å². The van der Waals surface area contributed by atoms with E-state index in [1.54, 1.807) is 0 Å². The number of hydrogen-bond acceptors (Lipinski definition) is 4. The average Bonchev–Trinajstić information content (AvgIpc) is 2.94. The standard InChI is InChI=1S/C19H33N3S/c1-16-5-6-18(23-16)21-13-11-20(12-14-21)15-17-7-9-22(10-8-17)19(2,3)4/h5-6,17H,7-15H2,1-4H3. The number of likely N-dealkylation sites (tertiary alicyclic amines) is 1. The minimum Gasteiger partial charge on any atom is -0.361 e. The highest BCUT2D eigenvalue weighted by molar-refractivity contribution is 7.16. The van der Waals surface area contributed by atoms with Crippen molar-refractivity contribution in [1.82, 2.24) is 9.80 Å². The summed E-state index contributed by atoms with van der Waals surface area (Å²) in [6.45, 7) is 18.0. The third-order valence-electron chi connectivity index (χ3n) is 5.49. The zero-order valence-corrected chi connectivity index (χ0v) is 16.2. The van der Waals surface area contributed by atoms with Crippen molar-refractivity contribution in [3.63, 3.8) is 0 Å². The summed E-state index contributed by atoms with van der Waals surface area (Å²) in [5.74, 6) is 0.907. The first kappa shape index (κ1) is 17.2. The lowest BCUT2D eigenvalue weighted by molar-refractivity contribution is 0.0735. The van der Waals surface area contributed by atoms with Gasteiger partial charge in [0.15, 0.2) is 0 Å². The lowest BCUT2D eigenvalue weighted by Gasteiger charge is -2.43. The zero-order chi connectivity index (χ0) is 16.4. The Balaban J connectivity index is 1.41. The van der Waals surface area contributed by atoms with Crippen LogP contribution in [-0.4, -0.2) is 61.2 Å². The Bertz CT molecular complexity index is 489. The molecule has 4 heteroatoms. The van der Waals surface area contributed by atoms with Gasteiger partial charge >= 0.3 is 0 Å². The van der Waals surface area contributed by atoms with Crippen molar-refractivity contribution < 1.29 is 0 Å². The summed E-state index contributed by atoms with van der Waals surface area (Å²) in [5, 5.41) is 1.46. The van der Waals surface area contributed by atoms with Crippen LogP contribution in [0.2, 0.25) is 0 Å². The molecular formula is C19H33N3S. The van der Waals surface area contributed by atoms with Crippen molar-refractivity contribution in [1.29, 1.82) is 0 Å². The second kappa shape index (κ2) is 7.12. The average molecular weight is 336 g/mol. The highest BCUT2D eigenvalue weighted by Gasteiger charge is 2.28. The Morgan fingerprint density at radius 2 is 1.65 bits per heavy atom. The van der Waals surface area contributed by atoms with Crippen LogP contribution in [0.1, 0.15) is 38.5 Å². The summed E-state index contributed by atoms with van der Waals surface area (Å²) in [6, 6.07) is 4.53. The number of aryl methyl sites for hydroxylation is 1. The molecule has 3 nitrogen and oxygen atoms in total. The quantitative estimate of drug-likeness (QED) is 0.834. The molecule has 0 aromatic carbocycles. The van der Waals surface area contributed by atoms with Gasteiger partial charge in [0, 0.05) is 43.1 Å². The molecule has 2 saturated heterocycles. The van der Waals surface area contributed by atoms with Crippen molar-refractivity contribution in [3.8, 4) is 0 Å². The number of piperidine rings is 1. The molecule has 1 aromatic heterocycles. The van der Waals surface area contributed by atoms with Crippen molar-refractivity contribution in [2.45, 2.75) is 46.1 Å². The molecule has 0 bridgehead atoms. The molecule has 0 aliphatic carbocycles. The van der Waals surface area contributed by atoms with E-state index in [1.807, 2.05) is 11.3 Å². The molecule has 0 saturated carbocycles. The molecule has 130 valence electrons. The van der Waals surface area contributed by atoms with Crippen LogP contribution >= 0.6 is 11.3 Å². The fourth-order valence-corrected chi connectivity index (χ4v) is 4.81. The maximum absolute atomic E-state index is 2.70. The summed E-state index contributed by atoms with van der Waals surface area (Å²) in [7, 11) is 0. The Labute approximate surface area is 146 Å². The summed E-state index contributed by atoms with van der Waals surface area (Å²) >= 11 is 1.94. The van der Waals surface area contributed by atoms with Gasteiger partial charge in [0.05, 0.1) is 5.00 Å². The van der Waals surface area contributed by atoms with Crippen LogP contribution in [0.25, 0.3) is 0 Å². The molecular weight excluding hydrogens is 302 g/mol. The van der Waals surface area contributed by atoms with Gasteiger partial charge in [0.1, 0.15) is 0 Å². The van der Waals surface area contributed by atoms with E-state index >= 15 is 0 Å². The summed E-state index contributed by atoms with van der Waals surface area (Å²) in [4.78, 5) is 9.35. The predicted octanol–water partition coefficient (Wildman–Crippen LogP) is 3.69. The fourth-order valence-electron chi connectivity index (χ4n) is 3.89. The molecule has 0 radical (unpaired) electrons. The summed E-state index contributed by atoms with van der Waals surface area (Å²) in [5.41, 5.74) is 0.343. The molecule has 2 aliphatic rings. The third-order valence-corrected chi connectivity index (χ3v) is 6.55. The van der Waals surface area contributed by atoms with E-state index < -0.39 is 0 Å². The first-order chi connectivity index (χ1) is 10.9. The van der Waals surface area contributed by atoms with E-state index in [2.05, 4.69) is 54.5 Å². The topological polar surface area (TPSA) is 9.72 Å². The Kier molecular flexibility index (Phi) is 5.34. The minimum absolute atomic E-state index is 0.343. The fraction of sp³-hybridized carbons (Fsp3) is 0.789. The highest BCUT2D eigenvalue weighted by atomic mass is 32.1. The van der Waals surface area contributed by atoms with E-state index in [0.717, 1.165) is 5.92 Å². The first-order valence-corrected chi connectivity index (χ1v) is 10.0. The van der Waals surface area contributed by atoms with Crippen molar-refractivity contribution in [2.75, 3.05) is 50.7 Å². The number of anilines is 1. The number of nitrogens with zero attached hydrogens (tertiary/aromatic N) is 3. The minimum atomic E-state index is 0.343. The molecule has 2 fully saturated rings. The molecule has 0 amide bonds. The van der Waals surface area contributed by atoms with Gasteiger partial charge < -0.3 is 4.90 Å². The first-order valence-electron chi connectivity index (χ1n) is 9.20. The Morgan fingerprint density at radius 1 is 1.00 bits per heavy atom. The second-order valence-corrected chi connectivity index (χ2v) is 9.54. The summed E-state index contributed by atoms with van der Waals surface area (Å²) < 4.78 is 0. The van der Waals surface area contributed by atoms with Crippen LogP contribution in [0.15, 0.2) is 12.1 Å². The third kappa shape index (κ3) is 4.49. The monoisotopic (exact) mass is 335 g/mol. The normalized spacial score (nSPS) is 22.7. The molecule has 3 heterocycles. The Hall–Kier alpha value is -0.580. The molecule has 3 rings (SSSR count). The molecule has 0 atom stereocenters. The van der Waals surface area contributed by atoms with Crippen LogP contribution in [0.4, 0.5) is 5.00 Å². The van der Waals surface area contributed by atoms with Crippen LogP contribution in [0, 0.1) is 12.8 Å². The number of thiophene rings is 1. The number of piperazine rings is 1. The van der Waals surface area contributed by atoms with Gasteiger partial charge in [-0.3, -0.25) is 9.80 Å². The lowest BCUT2D eigenvalue weighted by atomic mass is 9.92. The second-order valence-electron chi connectivity index (χ2n) is 8.27. The number of rotatable bonds is 3. The molecule has 0 N–H and O–H groups in total. The maximum atomic E-state index is 2.70. The van der Waals surface area contributed by atoms with Crippen LogP contribution < -0.4 is 4.90 Å². The summed E-state index contributed by atoms with van der Waals surface area (Å²) in [6.07, 6.45) is 2.75. The molecule has 0 spiro atoms. The Morgan fingerprint density at radius 3 is 2.17 bits per heavy atom. The van der Waals surface area contributed by atoms with Crippen LogP contribution in [-0.2, 0) is 0 Å². The largest absolute Gasteiger partial charge is 0.361 e. The van der Waals surface area contributed by atoms with Gasteiger partial charge in [-0.25, -0.2) is 0 Å². The smallest absolute Gasteiger partial charge is 0.0912 e.